The minimum Gasteiger partial charge on any atom is -0.319 e. The zero-order valence-electron chi connectivity index (χ0n) is 8.68. The van der Waals surface area contributed by atoms with E-state index in [-0.39, 0.29) is 5.82 Å². The summed E-state index contributed by atoms with van der Waals surface area (Å²) in [5.74, 6) is 0.949. The smallest absolute Gasteiger partial charge is 0.123 e. The Labute approximate surface area is 84.3 Å². The molecule has 1 N–H and O–H groups in total. The molecule has 2 heteroatoms. The average molecular weight is 193 g/mol. The summed E-state index contributed by atoms with van der Waals surface area (Å²) < 4.78 is 13.0. The van der Waals surface area contributed by atoms with Gasteiger partial charge in [0, 0.05) is 6.54 Å². The lowest BCUT2D eigenvalue weighted by molar-refractivity contribution is 0.584. The van der Waals surface area contributed by atoms with Crippen molar-refractivity contribution in [3.05, 3.63) is 35.1 Å². The maximum Gasteiger partial charge on any atom is 0.123 e. The Morgan fingerprint density at radius 2 is 2.21 bits per heavy atom. The van der Waals surface area contributed by atoms with E-state index in [1.807, 2.05) is 13.1 Å². The molecule has 0 aromatic heterocycles. The molecule has 0 fully saturated rings. The number of hydrogen-bond donors (Lipinski definition) is 1. The molecular weight excluding hydrogens is 177 g/mol. The fourth-order valence-electron chi connectivity index (χ4n) is 2.46. The first-order chi connectivity index (χ1) is 6.72. The summed E-state index contributed by atoms with van der Waals surface area (Å²) >= 11 is 0. The van der Waals surface area contributed by atoms with Crippen LogP contribution < -0.4 is 5.32 Å². The third kappa shape index (κ3) is 1.55. The Morgan fingerprint density at radius 1 is 1.43 bits per heavy atom. The molecule has 1 aromatic rings. The molecule has 1 aliphatic rings. The summed E-state index contributed by atoms with van der Waals surface area (Å²) in [6.45, 7) is 3.16. The van der Waals surface area contributed by atoms with Crippen LogP contribution in [0, 0.1) is 5.82 Å². The van der Waals surface area contributed by atoms with Gasteiger partial charge in [0.25, 0.3) is 0 Å². The van der Waals surface area contributed by atoms with Crippen LogP contribution in [-0.4, -0.2) is 13.6 Å². The van der Waals surface area contributed by atoms with E-state index in [9.17, 15) is 4.39 Å². The molecule has 0 heterocycles. The van der Waals surface area contributed by atoms with Crippen molar-refractivity contribution in [2.24, 2.45) is 0 Å². The van der Waals surface area contributed by atoms with Crippen molar-refractivity contribution in [1.29, 1.82) is 0 Å². The molecule has 14 heavy (non-hydrogen) atoms. The molecule has 0 amide bonds. The topological polar surface area (TPSA) is 12.0 Å². The minimum atomic E-state index is -0.110. The summed E-state index contributed by atoms with van der Waals surface area (Å²) in [4.78, 5) is 0. The maximum atomic E-state index is 13.0. The Bertz CT molecular complexity index is 335. The average Bonchev–Trinajstić information content (AvgIpc) is 2.44. The third-order valence-electron chi connectivity index (χ3n) is 3.11. The number of rotatable bonds is 2. The molecule has 0 radical (unpaired) electrons. The van der Waals surface area contributed by atoms with E-state index >= 15 is 0 Å². The summed E-state index contributed by atoms with van der Waals surface area (Å²) in [6.07, 6.45) is 1.14. The zero-order valence-corrected chi connectivity index (χ0v) is 8.68. The molecule has 2 atom stereocenters. The summed E-state index contributed by atoms with van der Waals surface area (Å²) in [7, 11) is 1.96. The van der Waals surface area contributed by atoms with E-state index in [0.29, 0.717) is 11.8 Å². The molecule has 0 bridgehead atoms. The van der Waals surface area contributed by atoms with Gasteiger partial charge in [-0.2, -0.15) is 0 Å². The first-order valence-corrected chi connectivity index (χ1v) is 5.16. The van der Waals surface area contributed by atoms with E-state index in [1.165, 1.54) is 11.1 Å². The lowest BCUT2D eigenvalue weighted by Gasteiger charge is -2.09. The van der Waals surface area contributed by atoms with Crippen LogP contribution in [0.2, 0.25) is 0 Å². The van der Waals surface area contributed by atoms with Crippen LogP contribution in [0.3, 0.4) is 0 Å². The number of likely N-dealkylation sites (N-methyl/N-ethyl adjacent to an activating group) is 1. The molecule has 1 nitrogen and oxygen atoms in total. The van der Waals surface area contributed by atoms with Crippen LogP contribution in [0.25, 0.3) is 0 Å². The lowest BCUT2D eigenvalue weighted by atomic mass is 10.0. The molecule has 1 aliphatic carbocycles. The molecule has 2 unspecified atom stereocenters. The SMILES string of the molecule is CNCC1CC(C)c2cc(F)ccc21. The van der Waals surface area contributed by atoms with Crippen molar-refractivity contribution in [3.63, 3.8) is 0 Å². The van der Waals surface area contributed by atoms with Crippen molar-refractivity contribution < 1.29 is 4.39 Å². The van der Waals surface area contributed by atoms with Crippen molar-refractivity contribution in [3.8, 4) is 0 Å². The van der Waals surface area contributed by atoms with Gasteiger partial charge in [-0.05, 0) is 48.6 Å². The summed E-state index contributed by atoms with van der Waals surface area (Å²) in [5.41, 5.74) is 2.53. The zero-order chi connectivity index (χ0) is 10.1. The highest BCUT2D eigenvalue weighted by Gasteiger charge is 2.27. The maximum absolute atomic E-state index is 13.0. The molecule has 2 rings (SSSR count). The van der Waals surface area contributed by atoms with E-state index in [2.05, 4.69) is 12.2 Å². The highest BCUT2D eigenvalue weighted by atomic mass is 19.1. The predicted octanol–water partition coefficient (Wildman–Crippen LogP) is 2.64. The first kappa shape index (κ1) is 9.66. The van der Waals surface area contributed by atoms with Crippen molar-refractivity contribution in [2.75, 3.05) is 13.6 Å². The first-order valence-electron chi connectivity index (χ1n) is 5.16. The molecule has 1 aromatic carbocycles. The van der Waals surface area contributed by atoms with Gasteiger partial charge in [-0.3, -0.25) is 0 Å². The quantitative estimate of drug-likeness (QED) is 0.761. The van der Waals surface area contributed by atoms with Gasteiger partial charge in [0.2, 0.25) is 0 Å². The van der Waals surface area contributed by atoms with Crippen LogP contribution in [-0.2, 0) is 0 Å². The van der Waals surface area contributed by atoms with Gasteiger partial charge in [0.15, 0.2) is 0 Å². The van der Waals surface area contributed by atoms with Gasteiger partial charge >= 0.3 is 0 Å². The Balaban J connectivity index is 2.34. The van der Waals surface area contributed by atoms with Gasteiger partial charge in [-0.25, -0.2) is 4.39 Å². The molecule has 0 spiro atoms. The fourth-order valence-corrected chi connectivity index (χ4v) is 2.46. The number of nitrogens with one attached hydrogen (secondary N) is 1. The molecule has 76 valence electrons. The van der Waals surface area contributed by atoms with Gasteiger partial charge in [0.05, 0.1) is 0 Å². The third-order valence-corrected chi connectivity index (χ3v) is 3.11. The second kappa shape index (κ2) is 3.70. The highest BCUT2D eigenvalue weighted by Crippen LogP contribution is 2.41. The second-order valence-corrected chi connectivity index (χ2v) is 4.16. The number of fused-ring (bicyclic) bond motifs is 1. The normalized spacial score (nSPS) is 25.1. The number of benzene rings is 1. The van der Waals surface area contributed by atoms with Crippen molar-refractivity contribution in [1.82, 2.24) is 5.32 Å². The molecule has 0 saturated carbocycles. The largest absolute Gasteiger partial charge is 0.319 e. The predicted molar refractivity (Wildman–Crippen MR) is 56.1 cm³/mol. The van der Waals surface area contributed by atoms with Crippen molar-refractivity contribution >= 4 is 0 Å². The summed E-state index contributed by atoms with van der Waals surface area (Å²) in [6, 6.07) is 5.20. The summed E-state index contributed by atoms with van der Waals surface area (Å²) in [5, 5.41) is 3.19. The monoisotopic (exact) mass is 193 g/mol. The van der Waals surface area contributed by atoms with Gasteiger partial charge in [0.1, 0.15) is 5.82 Å². The lowest BCUT2D eigenvalue weighted by Crippen LogP contribution is -2.15. The number of hydrogen-bond acceptors (Lipinski definition) is 1. The van der Waals surface area contributed by atoms with E-state index in [4.69, 9.17) is 0 Å². The molecule has 0 saturated heterocycles. The van der Waals surface area contributed by atoms with Crippen LogP contribution in [0.4, 0.5) is 4.39 Å². The fraction of sp³-hybridized carbons (Fsp3) is 0.500. The van der Waals surface area contributed by atoms with Gasteiger partial charge < -0.3 is 5.32 Å². The van der Waals surface area contributed by atoms with E-state index in [0.717, 1.165) is 13.0 Å². The van der Waals surface area contributed by atoms with Crippen LogP contribution in [0.15, 0.2) is 18.2 Å². The Morgan fingerprint density at radius 3 is 2.93 bits per heavy atom. The number of halogens is 1. The second-order valence-electron chi connectivity index (χ2n) is 4.16. The van der Waals surface area contributed by atoms with Crippen LogP contribution in [0.1, 0.15) is 36.3 Å². The molecular formula is C12H16FN. The Hall–Kier alpha value is -0.890. The highest BCUT2D eigenvalue weighted by molar-refractivity contribution is 5.38. The molecule has 0 aliphatic heterocycles. The van der Waals surface area contributed by atoms with Crippen molar-refractivity contribution in [2.45, 2.75) is 25.2 Å². The van der Waals surface area contributed by atoms with Crippen LogP contribution >= 0.6 is 0 Å². The van der Waals surface area contributed by atoms with Crippen LogP contribution in [0.5, 0.6) is 0 Å². The van der Waals surface area contributed by atoms with E-state index < -0.39 is 0 Å². The minimum absolute atomic E-state index is 0.110. The van der Waals surface area contributed by atoms with Gasteiger partial charge in [-0.15, -0.1) is 0 Å². The van der Waals surface area contributed by atoms with Gasteiger partial charge in [-0.1, -0.05) is 13.0 Å². The Kier molecular flexibility index (Phi) is 2.55. The standard InChI is InChI=1S/C12H16FN/c1-8-5-9(7-14-2)11-4-3-10(13)6-12(8)11/h3-4,6,8-9,14H,5,7H2,1-2H3. The van der Waals surface area contributed by atoms with E-state index in [1.54, 1.807) is 12.1 Å².